The molecule has 4 nitrogen and oxygen atoms in total. The summed E-state index contributed by atoms with van der Waals surface area (Å²) in [5.41, 5.74) is 5.94. The van der Waals surface area contributed by atoms with Crippen LogP contribution in [0, 0.1) is 5.92 Å². The van der Waals surface area contributed by atoms with Gasteiger partial charge in [0.15, 0.2) is 5.82 Å². The van der Waals surface area contributed by atoms with Crippen LogP contribution in [0.5, 0.6) is 0 Å². The number of aromatic nitrogens is 2. The van der Waals surface area contributed by atoms with E-state index in [2.05, 4.69) is 23.3 Å². The molecule has 5 heteroatoms. The monoisotopic (exact) mass is 227 g/mol. The van der Waals surface area contributed by atoms with Gasteiger partial charge in [0.05, 0.1) is 6.04 Å². The Bertz CT molecular complexity index is 328. The predicted molar refractivity (Wildman–Crippen MR) is 60.7 cm³/mol. The van der Waals surface area contributed by atoms with Gasteiger partial charge in [-0.3, -0.25) is 0 Å². The SMILES string of the molecule is CSCC[C@@H](N)c1nc(C2CC2C)no1. The van der Waals surface area contributed by atoms with Gasteiger partial charge in [-0.2, -0.15) is 16.7 Å². The van der Waals surface area contributed by atoms with Gasteiger partial charge in [-0.05, 0) is 30.8 Å². The molecule has 0 spiro atoms. The Labute approximate surface area is 94.0 Å². The Kier molecular flexibility index (Phi) is 3.31. The molecule has 3 atom stereocenters. The Morgan fingerprint density at radius 3 is 3.00 bits per heavy atom. The van der Waals surface area contributed by atoms with Gasteiger partial charge in [0, 0.05) is 5.92 Å². The number of rotatable bonds is 5. The molecular weight excluding hydrogens is 210 g/mol. The summed E-state index contributed by atoms with van der Waals surface area (Å²) in [5, 5.41) is 3.98. The summed E-state index contributed by atoms with van der Waals surface area (Å²) in [6.45, 7) is 2.20. The van der Waals surface area contributed by atoms with Gasteiger partial charge in [-0.25, -0.2) is 0 Å². The molecule has 0 radical (unpaired) electrons. The quantitative estimate of drug-likeness (QED) is 0.832. The first-order chi connectivity index (χ1) is 7.22. The van der Waals surface area contributed by atoms with Gasteiger partial charge in [-0.15, -0.1) is 0 Å². The molecule has 0 saturated heterocycles. The van der Waals surface area contributed by atoms with Gasteiger partial charge < -0.3 is 10.3 Å². The number of hydrogen-bond acceptors (Lipinski definition) is 5. The third kappa shape index (κ3) is 2.52. The highest BCUT2D eigenvalue weighted by molar-refractivity contribution is 7.98. The average molecular weight is 227 g/mol. The van der Waals surface area contributed by atoms with Crippen molar-refractivity contribution in [2.75, 3.05) is 12.0 Å². The molecule has 1 aromatic rings. The Balaban J connectivity index is 1.94. The second-order valence-electron chi connectivity index (χ2n) is 4.20. The normalized spacial score (nSPS) is 26.6. The van der Waals surface area contributed by atoms with Crippen molar-refractivity contribution in [1.29, 1.82) is 0 Å². The van der Waals surface area contributed by atoms with E-state index in [0.717, 1.165) is 18.0 Å². The van der Waals surface area contributed by atoms with E-state index in [4.69, 9.17) is 10.3 Å². The van der Waals surface area contributed by atoms with Crippen molar-refractivity contribution >= 4 is 11.8 Å². The first kappa shape index (κ1) is 11.0. The molecule has 0 amide bonds. The van der Waals surface area contributed by atoms with Crippen LogP contribution in [0.4, 0.5) is 0 Å². The highest BCUT2D eigenvalue weighted by atomic mass is 32.2. The Hall–Kier alpha value is -0.550. The van der Waals surface area contributed by atoms with Crippen LogP contribution in [0.1, 0.15) is 43.4 Å². The van der Waals surface area contributed by atoms with Crippen LogP contribution in [0.2, 0.25) is 0 Å². The van der Waals surface area contributed by atoms with Crippen molar-refractivity contribution in [2.45, 2.75) is 31.7 Å². The van der Waals surface area contributed by atoms with E-state index in [9.17, 15) is 0 Å². The summed E-state index contributed by atoms with van der Waals surface area (Å²) in [4.78, 5) is 4.36. The van der Waals surface area contributed by atoms with Crippen LogP contribution in [0.3, 0.4) is 0 Å². The minimum absolute atomic E-state index is 0.104. The largest absolute Gasteiger partial charge is 0.338 e. The summed E-state index contributed by atoms with van der Waals surface area (Å²) in [5.74, 6) is 3.68. The van der Waals surface area contributed by atoms with E-state index in [1.807, 2.05) is 0 Å². The number of nitrogens with zero attached hydrogens (tertiary/aromatic N) is 2. The maximum atomic E-state index is 5.94. The Morgan fingerprint density at radius 2 is 2.40 bits per heavy atom. The lowest BCUT2D eigenvalue weighted by Gasteiger charge is -2.03. The van der Waals surface area contributed by atoms with E-state index < -0.39 is 0 Å². The Morgan fingerprint density at radius 1 is 1.67 bits per heavy atom. The highest BCUT2D eigenvalue weighted by Gasteiger charge is 2.38. The zero-order chi connectivity index (χ0) is 10.8. The third-order valence-electron chi connectivity index (χ3n) is 2.85. The van der Waals surface area contributed by atoms with Gasteiger partial charge in [0.25, 0.3) is 0 Å². The highest BCUT2D eigenvalue weighted by Crippen LogP contribution is 2.45. The summed E-state index contributed by atoms with van der Waals surface area (Å²) in [6.07, 6.45) is 4.14. The molecule has 1 heterocycles. The van der Waals surface area contributed by atoms with Crippen molar-refractivity contribution in [3.8, 4) is 0 Å². The van der Waals surface area contributed by atoms with Crippen LogP contribution in [-0.4, -0.2) is 22.1 Å². The fourth-order valence-corrected chi connectivity index (χ4v) is 2.09. The van der Waals surface area contributed by atoms with Gasteiger partial charge in [0.1, 0.15) is 0 Å². The van der Waals surface area contributed by atoms with Crippen molar-refractivity contribution in [2.24, 2.45) is 11.7 Å². The third-order valence-corrected chi connectivity index (χ3v) is 3.49. The number of hydrogen-bond donors (Lipinski definition) is 1. The van der Waals surface area contributed by atoms with Crippen molar-refractivity contribution in [3.05, 3.63) is 11.7 Å². The van der Waals surface area contributed by atoms with Crippen molar-refractivity contribution in [3.63, 3.8) is 0 Å². The molecule has 84 valence electrons. The van der Waals surface area contributed by atoms with Crippen molar-refractivity contribution < 1.29 is 4.52 Å². The lowest BCUT2D eigenvalue weighted by molar-refractivity contribution is 0.348. The van der Waals surface area contributed by atoms with Crippen LogP contribution in [0.15, 0.2) is 4.52 Å². The van der Waals surface area contributed by atoms with E-state index in [0.29, 0.717) is 17.7 Å². The zero-order valence-corrected chi connectivity index (χ0v) is 9.96. The smallest absolute Gasteiger partial charge is 0.243 e. The summed E-state index contributed by atoms with van der Waals surface area (Å²) >= 11 is 1.78. The molecule has 1 fully saturated rings. The number of thioether (sulfide) groups is 1. The van der Waals surface area contributed by atoms with Gasteiger partial charge >= 0.3 is 0 Å². The maximum absolute atomic E-state index is 5.94. The summed E-state index contributed by atoms with van der Waals surface area (Å²) in [6, 6.07) is -0.104. The van der Waals surface area contributed by atoms with Crippen LogP contribution < -0.4 is 5.73 Å². The second kappa shape index (κ2) is 4.53. The number of nitrogens with two attached hydrogens (primary N) is 1. The van der Waals surface area contributed by atoms with Crippen molar-refractivity contribution in [1.82, 2.24) is 10.1 Å². The molecule has 2 unspecified atom stereocenters. The van der Waals surface area contributed by atoms with Crippen LogP contribution in [-0.2, 0) is 0 Å². The average Bonchev–Trinajstić information content (AvgIpc) is 2.80. The van der Waals surface area contributed by atoms with E-state index in [-0.39, 0.29) is 6.04 Å². The minimum atomic E-state index is -0.104. The molecule has 1 saturated carbocycles. The molecule has 0 aliphatic heterocycles. The van der Waals surface area contributed by atoms with E-state index in [1.165, 1.54) is 6.42 Å². The molecule has 0 bridgehead atoms. The van der Waals surface area contributed by atoms with Gasteiger partial charge in [-0.1, -0.05) is 12.1 Å². The fraction of sp³-hybridized carbons (Fsp3) is 0.800. The van der Waals surface area contributed by atoms with Crippen LogP contribution in [0.25, 0.3) is 0 Å². The van der Waals surface area contributed by atoms with E-state index >= 15 is 0 Å². The summed E-state index contributed by atoms with van der Waals surface area (Å²) in [7, 11) is 0. The zero-order valence-electron chi connectivity index (χ0n) is 9.14. The molecule has 0 aromatic carbocycles. The fourth-order valence-electron chi connectivity index (χ4n) is 1.60. The molecular formula is C10H17N3OS. The molecule has 15 heavy (non-hydrogen) atoms. The predicted octanol–water partition coefficient (Wildman–Crippen LogP) is 1.95. The van der Waals surface area contributed by atoms with Gasteiger partial charge in [0.2, 0.25) is 5.89 Å². The summed E-state index contributed by atoms with van der Waals surface area (Å²) < 4.78 is 5.18. The standard InChI is InChI=1S/C10H17N3OS/c1-6-5-7(6)9-12-10(14-13-9)8(11)3-4-15-2/h6-8H,3-5,11H2,1-2H3/t6?,7?,8-/m1/s1. The molecule has 1 aliphatic rings. The molecule has 1 aliphatic carbocycles. The lowest BCUT2D eigenvalue weighted by Crippen LogP contribution is -2.11. The minimum Gasteiger partial charge on any atom is -0.338 e. The van der Waals surface area contributed by atoms with E-state index in [1.54, 1.807) is 11.8 Å². The van der Waals surface area contributed by atoms with Crippen LogP contribution >= 0.6 is 11.8 Å². The lowest BCUT2D eigenvalue weighted by atomic mass is 10.2. The maximum Gasteiger partial charge on any atom is 0.243 e. The second-order valence-corrected chi connectivity index (χ2v) is 5.18. The molecule has 2 rings (SSSR count). The molecule has 1 aromatic heterocycles. The topological polar surface area (TPSA) is 64.9 Å². The first-order valence-corrected chi connectivity index (χ1v) is 6.69. The first-order valence-electron chi connectivity index (χ1n) is 5.30. The molecule has 2 N–H and O–H groups in total.